The molecule has 0 radical (unpaired) electrons. The van der Waals surface area contributed by atoms with Crippen molar-refractivity contribution in [2.24, 2.45) is 0 Å². The molecule has 0 unspecified atom stereocenters. The molecule has 1 heterocycles. The van der Waals surface area contributed by atoms with Gasteiger partial charge in [-0.1, -0.05) is 12.1 Å². The smallest absolute Gasteiger partial charge is 0.335 e. The Bertz CT molecular complexity index is 481. The van der Waals surface area contributed by atoms with Crippen LogP contribution in [0.2, 0.25) is 0 Å². The molecule has 1 aromatic rings. The third-order valence-electron chi connectivity index (χ3n) is 3.41. The van der Waals surface area contributed by atoms with E-state index in [-0.39, 0.29) is 11.5 Å². The second-order valence-corrected chi connectivity index (χ2v) is 4.92. The molecule has 1 fully saturated rings. The molecule has 2 N–H and O–H groups in total. The molecule has 0 saturated carbocycles. The Labute approximate surface area is 123 Å². The minimum Gasteiger partial charge on any atom is -0.478 e. The van der Waals surface area contributed by atoms with Crippen LogP contribution in [0.25, 0.3) is 0 Å². The lowest BCUT2D eigenvalue weighted by molar-refractivity contribution is -0.135. The first-order valence-electron chi connectivity index (χ1n) is 7.05. The SMILES string of the molecule is O=C(O)c1ccc(CNCCC(=O)N2CCOCC2)cc1. The molecule has 1 amide bonds. The highest BCUT2D eigenvalue weighted by atomic mass is 16.5. The summed E-state index contributed by atoms with van der Waals surface area (Å²) >= 11 is 0. The van der Waals surface area contributed by atoms with Crippen LogP contribution in [0.3, 0.4) is 0 Å². The Balaban J connectivity index is 1.67. The molecule has 0 atom stereocenters. The molecule has 0 spiro atoms. The Morgan fingerprint density at radius 1 is 1.19 bits per heavy atom. The summed E-state index contributed by atoms with van der Waals surface area (Å²) in [5.74, 6) is -0.780. The number of carboxylic acids is 1. The lowest BCUT2D eigenvalue weighted by Crippen LogP contribution is -2.41. The molecule has 0 aromatic heterocycles. The van der Waals surface area contributed by atoms with Crippen molar-refractivity contribution >= 4 is 11.9 Å². The normalized spacial score (nSPS) is 15.0. The van der Waals surface area contributed by atoms with Crippen molar-refractivity contribution in [3.63, 3.8) is 0 Å². The van der Waals surface area contributed by atoms with E-state index in [2.05, 4.69) is 5.32 Å². The predicted molar refractivity (Wildman–Crippen MR) is 77.1 cm³/mol. The van der Waals surface area contributed by atoms with Gasteiger partial charge in [0.25, 0.3) is 0 Å². The van der Waals surface area contributed by atoms with Crippen molar-refractivity contribution in [2.45, 2.75) is 13.0 Å². The summed E-state index contributed by atoms with van der Waals surface area (Å²) < 4.78 is 5.21. The van der Waals surface area contributed by atoms with E-state index >= 15 is 0 Å². The number of carbonyl (C=O) groups is 2. The molecular weight excluding hydrogens is 272 g/mol. The quantitative estimate of drug-likeness (QED) is 0.755. The summed E-state index contributed by atoms with van der Waals surface area (Å²) in [6.45, 7) is 3.82. The zero-order chi connectivity index (χ0) is 15.1. The van der Waals surface area contributed by atoms with Crippen LogP contribution in [0.4, 0.5) is 0 Å². The van der Waals surface area contributed by atoms with Gasteiger partial charge in [-0.05, 0) is 17.7 Å². The second kappa shape index (κ2) is 7.75. The van der Waals surface area contributed by atoms with E-state index in [0.29, 0.717) is 45.8 Å². The second-order valence-electron chi connectivity index (χ2n) is 4.92. The largest absolute Gasteiger partial charge is 0.478 e. The van der Waals surface area contributed by atoms with Gasteiger partial charge in [0.2, 0.25) is 5.91 Å². The standard InChI is InChI=1S/C15H20N2O4/c18-14(17-7-9-21-10-8-17)5-6-16-11-12-1-3-13(4-2-12)15(19)20/h1-4,16H,5-11H2,(H,19,20). The van der Waals surface area contributed by atoms with E-state index in [9.17, 15) is 9.59 Å². The number of nitrogens with one attached hydrogen (secondary N) is 1. The van der Waals surface area contributed by atoms with Gasteiger partial charge in [-0.15, -0.1) is 0 Å². The van der Waals surface area contributed by atoms with Crippen molar-refractivity contribution < 1.29 is 19.4 Å². The van der Waals surface area contributed by atoms with Crippen LogP contribution in [0, 0.1) is 0 Å². The number of amides is 1. The average molecular weight is 292 g/mol. The third kappa shape index (κ3) is 4.84. The summed E-state index contributed by atoms with van der Waals surface area (Å²) in [4.78, 5) is 24.5. The molecule has 1 aliphatic rings. The number of carboxylic acid groups (broad SMARTS) is 1. The van der Waals surface area contributed by atoms with Crippen LogP contribution in [0.15, 0.2) is 24.3 Å². The summed E-state index contributed by atoms with van der Waals surface area (Å²) in [6, 6.07) is 6.72. The highest BCUT2D eigenvalue weighted by Crippen LogP contribution is 2.04. The van der Waals surface area contributed by atoms with E-state index in [1.165, 1.54) is 0 Å². The molecule has 114 valence electrons. The minimum absolute atomic E-state index is 0.145. The van der Waals surface area contributed by atoms with E-state index in [4.69, 9.17) is 9.84 Å². The molecule has 6 heteroatoms. The van der Waals surface area contributed by atoms with Gasteiger partial charge in [0, 0.05) is 32.6 Å². The summed E-state index contributed by atoms with van der Waals surface area (Å²) in [5, 5.41) is 12.0. The molecule has 1 aromatic carbocycles. The fraction of sp³-hybridized carbons (Fsp3) is 0.467. The van der Waals surface area contributed by atoms with Gasteiger partial charge in [-0.25, -0.2) is 4.79 Å². The zero-order valence-electron chi connectivity index (χ0n) is 11.9. The van der Waals surface area contributed by atoms with Gasteiger partial charge < -0.3 is 20.1 Å². The summed E-state index contributed by atoms with van der Waals surface area (Å²) in [6.07, 6.45) is 0.465. The fourth-order valence-corrected chi connectivity index (χ4v) is 2.16. The summed E-state index contributed by atoms with van der Waals surface area (Å²) in [5.41, 5.74) is 1.28. The first kappa shape index (κ1) is 15.5. The minimum atomic E-state index is -0.925. The van der Waals surface area contributed by atoms with Gasteiger partial charge in [-0.3, -0.25) is 4.79 Å². The van der Waals surface area contributed by atoms with Crippen molar-refractivity contribution in [3.8, 4) is 0 Å². The van der Waals surface area contributed by atoms with Gasteiger partial charge >= 0.3 is 5.97 Å². The molecule has 6 nitrogen and oxygen atoms in total. The fourth-order valence-electron chi connectivity index (χ4n) is 2.16. The van der Waals surface area contributed by atoms with Crippen LogP contribution < -0.4 is 5.32 Å². The van der Waals surface area contributed by atoms with Crippen LogP contribution in [0.1, 0.15) is 22.3 Å². The Hall–Kier alpha value is -1.92. The molecule has 0 aliphatic carbocycles. The Morgan fingerprint density at radius 3 is 2.48 bits per heavy atom. The predicted octanol–water partition coefficient (Wildman–Crippen LogP) is 0.723. The van der Waals surface area contributed by atoms with E-state index in [0.717, 1.165) is 5.56 Å². The van der Waals surface area contributed by atoms with Crippen LogP contribution in [0.5, 0.6) is 0 Å². The number of benzene rings is 1. The van der Waals surface area contributed by atoms with Gasteiger partial charge in [0.15, 0.2) is 0 Å². The number of carbonyl (C=O) groups excluding carboxylic acids is 1. The van der Waals surface area contributed by atoms with Crippen molar-refractivity contribution in [3.05, 3.63) is 35.4 Å². The van der Waals surface area contributed by atoms with Gasteiger partial charge in [-0.2, -0.15) is 0 Å². The molecule has 0 bridgehead atoms. The van der Waals surface area contributed by atoms with E-state index < -0.39 is 5.97 Å². The number of nitrogens with zero attached hydrogens (tertiary/aromatic N) is 1. The molecule has 1 saturated heterocycles. The maximum atomic E-state index is 11.9. The molecular formula is C15H20N2O4. The van der Waals surface area contributed by atoms with Crippen LogP contribution in [-0.4, -0.2) is 54.7 Å². The molecule has 21 heavy (non-hydrogen) atoms. The highest BCUT2D eigenvalue weighted by Gasteiger charge is 2.15. The van der Waals surface area contributed by atoms with E-state index in [1.54, 1.807) is 24.3 Å². The summed E-state index contributed by atoms with van der Waals surface area (Å²) in [7, 11) is 0. The van der Waals surface area contributed by atoms with E-state index in [1.807, 2.05) is 4.90 Å². The van der Waals surface area contributed by atoms with Gasteiger partial charge in [0.1, 0.15) is 0 Å². The zero-order valence-corrected chi connectivity index (χ0v) is 11.9. The number of ether oxygens (including phenoxy) is 1. The number of aromatic carboxylic acids is 1. The van der Waals surface area contributed by atoms with Crippen LogP contribution >= 0.6 is 0 Å². The average Bonchev–Trinajstić information content (AvgIpc) is 2.52. The first-order valence-corrected chi connectivity index (χ1v) is 7.05. The van der Waals surface area contributed by atoms with Crippen molar-refractivity contribution in [2.75, 3.05) is 32.8 Å². The molecule has 2 rings (SSSR count). The maximum absolute atomic E-state index is 11.9. The number of hydrogen-bond donors (Lipinski definition) is 2. The van der Waals surface area contributed by atoms with Gasteiger partial charge in [0.05, 0.1) is 18.8 Å². The topological polar surface area (TPSA) is 78.9 Å². The highest BCUT2D eigenvalue weighted by molar-refractivity contribution is 5.87. The molecule has 1 aliphatic heterocycles. The van der Waals surface area contributed by atoms with Crippen LogP contribution in [-0.2, 0) is 16.1 Å². The number of rotatable bonds is 6. The van der Waals surface area contributed by atoms with Crippen molar-refractivity contribution in [1.29, 1.82) is 0 Å². The van der Waals surface area contributed by atoms with Crippen molar-refractivity contribution in [1.82, 2.24) is 10.2 Å². The Morgan fingerprint density at radius 2 is 1.86 bits per heavy atom. The number of hydrogen-bond acceptors (Lipinski definition) is 4. The third-order valence-corrected chi connectivity index (χ3v) is 3.41. The monoisotopic (exact) mass is 292 g/mol. The Kier molecular flexibility index (Phi) is 5.71. The maximum Gasteiger partial charge on any atom is 0.335 e. The number of morpholine rings is 1. The first-order chi connectivity index (χ1) is 10.2. The lowest BCUT2D eigenvalue weighted by Gasteiger charge is -2.26. The lowest BCUT2D eigenvalue weighted by atomic mass is 10.1.